The summed E-state index contributed by atoms with van der Waals surface area (Å²) < 4.78 is 30.7. The fourth-order valence-corrected chi connectivity index (χ4v) is 9.76. The standard InChI is InChI=1S/C70H123N2O7P/c1-7-10-13-16-19-22-25-28-30-31-32-33-34-35-36-37-38-39-40-41-43-44-47-50-53-56-59-62-69(73)71-67(66-78-80(75,76)77-65-64-72(4,5)6)68(61-58-55-52-49-46-27-24-21-18-15-12-9-3)79-70(74)63-60-57-54-51-48-45-42-29-26-23-20-17-14-11-8-2/h10-11,13-14,17,19-20,22-23,26,28,30,32-33,35-36,58,61,67-68H,7-9,12,15-16,18,21,24-25,27,29,31,34,37-57,59-60,62-66H2,1-6H3,(H-,71,73,75,76)/p+1/b13-10-,14-11+,20-17+,22-19-,26-23+,30-28-,33-32-,36-35-,61-58-. The molecule has 0 aliphatic rings. The third-order valence-electron chi connectivity index (χ3n) is 14.0. The predicted octanol–water partition coefficient (Wildman–Crippen LogP) is 20.5. The lowest BCUT2D eigenvalue weighted by atomic mass is 10.0. The molecule has 80 heavy (non-hydrogen) atoms. The number of carbonyl (C=O) groups excluding carboxylic acids is 2. The van der Waals surface area contributed by atoms with Gasteiger partial charge in [-0.3, -0.25) is 18.6 Å². The Morgan fingerprint density at radius 3 is 1.34 bits per heavy atom. The van der Waals surface area contributed by atoms with E-state index in [1.165, 1.54) is 116 Å². The number of hydrogen-bond acceptors (Lipinski definition) is 6. The highest BCUT2D eigenvalue weighted by Gasteiger charge is 2.30. The molecule has 3 unspecified atom stereocenters. The lowest BCUT2D eigenvalue weighted by molar-refractivity contribution is -0.870. The Labute approximate surface area is 493 Å². The smallest absolute Gasteiger partial charge is 0.456 e. The molecular weight excluding hydrogens is 1010 g/mol. The molecule has 0 heterocycles. The number of phosphoric acid groups is 1. The first kappa shape index (κ1) is 76.7. The summed E-state index contributed by atoms with van der Waals surface area (Å²) in [4.78, 5) is 37.8. The number of quaternary nitrogens is 1. The Morgan fingerprint density at radius 1 is 0.463 bits per heavy atom. The van der Waals surface area contributed by atoms with Crippen molar-refractivity contribution in [1.82, 2.24) is 5.32 Å². The first-order valence-electron chi connectivity index (χ1n) is 32.7. The van der Waals surface area contributed by atoms with E-state index in [0.29, 0.717) is 17.4 Å². The van der Waals surface area contributed by atoms with Crippen LogP contribution in [-0.4, -0.2) is 74.3 Å². The maximum absolute atomic E-state index is 13.6. The van der Waals surface area contributed by atoms with Gasteiger partial charge in [0, 0.05) is 12.8 Å². The summed E-state index contributed by atoms with van der Waals surface area (Å²) in [5.41, 5.74) is 0. The van der Waals surface area contributed by atoms with Crippen molar-refractivity contribution in [2.75, 3.05) is 40.9 Å². The van der Waals surface area contributed by atoms with Crippen LogP contribution in [0.25, 0.3) is 0 Å². The van der Waals surface area contributed by atoms with Gasteiger partial charge >= 0.3 is 13.8 Å². The van der Waals surface area contributed by atoms with E-state index in [1.54, 1.807) is 0 Å². The number of phosphoric ester groups is 1. The Balaban J connectivity index is 5.10. The molecular formula is C70H124N2O7P+. The molecule has 0 aliphatic carbocycles. The molecule has 0 aromatic carbocycles. The summed E-state index contributed by atoms with van der Waals surface area (Å²) in [6, 6.07) is -0.861. The fraction of sp³-hybridized carbons (Fsp3) is 0.714. The normalized spacial score (nSPS) is 14.3. The second kappa shape index (κ2) is 58.9. The minimum absolute atomic E-state index is 0.0328. The highest BCUT2D eigenvalue weighted by molar-refractivity contribution is 7.47. The number of ether oxygens (including phenoxy) is 1. The largest absolute Gasteiger partial charge is 0.472 e. The average Bonchev–Trinajstić information content (AvgIpc) is 3.42. The first-order chi connectivity index (χ1) is 38.9. The molecule has 0 aromatic rings. The molecule has 0 aromatic heterocycles. The lowest BCUT2D eigenvalue weighted by Gasteiger charge is -2.27. The Kier molecular flexibility index (Phi) is 56.4. The highest BCUT2D eigenvalue weighted by atomic mass is 31.2. The van der Waals surface area contributed by atoms with Crippen LogP contribution in [0.1, 0.15) is 271 Å². The van der Waals surface area contributed by atoms with Crippen LogP contribution in [0.5, 0.6) is 0 Å². The van der Waals surface area contributed by atoms with Gasteiger partial charge in [-0.25, -0.2) is 4.57 Å². The number of amides is 1. The van der Waals surface area contributed by atoms with E-state index in [2.05, 4.69) is 123 Å². The fourth-order valence-electron chi connectivity index (χ4n) is 9.03. The van der Waals surface area contributed by atoms with Crippen LogP contribution in [0.3, 0.4) is 0 Å². The van der Waals surface area contributed by atoms with Gasteiger partial charge in [-0.1, -0.05) is 272 Å². The van der Waals surface area contributed by atoms with Crippen molar-refractivity contribution in [2.24, 2.45) is 0 Å². The number of carbonyl (C=O) groups is 2. The number of hydrogen-bond donors (Lipinski definition) is 2. The molecule has 0 rings (SSSR count). The Morgan fingerprint density at radius 2 is 0.863 bits per heavy atom. The number of rotatable bonds is 58. The van der Waals surface area contributed by atoms with E-state index in [4.69, 9.17) is 13.8 Å². The number of allylic oxidation sites excluding steroid dienone is 17. The SMILES string of the molecule is CC/C=C\C/C=C\C/C=C\C/C=C\C/C=C\CCCCCCCCCCCCCC(=O)NC(COP(=O)(O)OCC[N+](C)(C)C)C(/C=C\CCCCCCCCCCCC)OC(=O)CCCCCCCCC/C=C/C=C/C=C/CC. The monoisotopic (exact) mass is 1140 g/mol. The van der Waals surface area contributed by atoms with Gasteiger partial charge in [0.1, 0.15) is 19.3 Å². The minimum Gasteiger partial charge on any atom is -0.456 e. The molecule has 9 nitrogen and oxygen atoms in total. The molecule has 0 bridgehead atoms. The zero-order chi connectivity index (χ0) is 58.6. The number of nitrogens with zero attached hydrogens (tertiary/aromatic N) is 1. The Bertz CT molecular complexity index is 1740. The van der Waals surface area contributed by atoms with E-state index in [0.717, 1.165) is 122 Å². The Hall–Kier alpha value is -3.33. The average molecular weight is 1140 g/mol. The minimum atomic E-state index is -4.46. The third-order valence-corrected chi connectivity index (χ3v) is 15.0. The maximum atomic E-state index is 13.6. The van der Waals surface area contributed by atoms with Gasteiger partial charge in [0.25, 0.3) is 0 Å². The van der Waals surface area contributed by atoms with Crippen LogP contribution in [-0.2, 0) is 27.9 Å². The van der Waals surface area contributed by atoms with Crippen LogP contribution < -0.4 is 5.32 Å². The van der Waals surface area contributed by atoms with Gasteiger partial charge in [0.15, 0.2) is 0 Å². The van der Waals surface area contributed by atoms with E-state index in [9.17, 15) is 19.0 Å². The van der Waals surface area contributed by atoms with E-state index < -0.39 is 20.0 Å². The number of likely N-dealkylation sites (N-methyl/N-ethyl adjacent to an activating group) is 1. The van der Waals surface area contributed by atoms with Gasteiger partial charge in [0.05, 0.1) is 33.8 Å². The van der Waals surface area contributed by atoms with Crippen molar-refractivity contribution in [3.63, 3.8) is 0 Å². The van der Waals surface area contributed by atoms with Gasteiger partial charge in [-0.2, -0.15) is 0 Å². The second-order valence-electron chi connectivity index (χ2n) is 22.9. The predicted molar refractivity (Wildman–Crippen MR) is 346 cm³/mol. The summed E-state index contributed by atoms with van der Waals surface area (Å²) in [5.74, 6) is -0.525. The summed E-state index contributed by atoms with van der Waals surface area (Å²) in [6.07, 6.45) is 80.9. The second-order valence-corrected chi connectivity index (χ2v) is 24.4. The number of unbranched alkanes of at least 4 members (excludes halogenated alkanes) is 28. The topological polar surface area (TPSA) is 111 Å². The van der Waals surface area contributed by atoms with Crippen LogP contribution in [0.15, 0.2) is 109 Å². The van der Waals surface area contributed by atoms with Gasteiger partial charge in [-0.15, -0.1) is 0 Å². The lowest BCUT2D eigenvalue weighted by Crippen LogP contribution is -2.47. The first-order valence-corrected chi connectivity index (χ1v) is 34.2. The van der Waals surface area contributed by atoms with Crippen molar-refractivity contribution in [3.8, 4) is 0 Å². The molecule has 0 saturated carbocycles. The summed E-state index contributed by atoms with van der Waals surface area (Å²) in [7, 11) is 1.48. The molecule has 460 valence electrons. The molecule has 0 fully saturated rings. The highest BCUT2D eigenvalue weighted by Crippen LogP contribution is 2.43. The van der Waals surface area contributed by atoms with E-state index in [1.807, 2.05) is 33.3 Å². The quantitative estimate of drug-likeness (QED) is 0.0156. The van der Waals surface area contributed by atoms with E-state index in [-0.39, 0.29) is 31.5 Å². The molecule has 1 amide bonds. The zero-order valence-electron chi connectivity index (χ0n) is 52.5. The number of esters is 1. The number of nitrogens with one attached hydrogen (secondary N) is 1. The van der Waals surface area contributed by atoms with Crippen molar-refractivity contribution in [3.05, 3.63) is 109 Å². The van der Waals surface area contributed by atoms with Crippen LogP contribution in [0.4, 0.5) is 0 Å². The van der Waals surface area contributed by atoms with Gasteiger partial charge in [0.2, 0.25) is 5.91 Å². The molecule has 0 radical (unpaired) electrons. The van der Waals surface area contributed by atoms with Crippen molar-refractivity contribution in [1.29, 1.82) is 0 Å². The van der Waals surface area contributed by atoms with Crippen molar-refractivity contribution in [2.45, 2.75) is 283 Å². The maximum Gasteiger partial charge on any atom is 0.472 e. The van der Waals surface area contributed by atoms with Crippen molar-refractivity contribution >= 4 is 19.7 Å². The summed E-state index contributed by atoms with van der Waals surface area (Å²) in [6.45, 7) is 6.76. The van der Waals surface area contributed by atoms with Gasteiger partial charge < -0.3 is 19.4 Å². The van der Waals surface area contributed by atoms with E-state index >= 15 is 0 Å². The molecule has 0 spiro atoms. The third kappa shape index (κ3) is 59.3. The summed E-state index contributed by atoms with van der Waals surface area (Å²) >= 11 is 0. The van der Waals surface area contributed by atoms with Gasteiger partial charge in [-0.05, 0) is 96.0 Å². The zero-order valence-corrected chi connectivity index (χ0v) is 53.4. The molecule has 2 N–H and O–H groups in total. The molecule has 10 heteroatoms. The molecule has 3 atom stereocenters. The molecule has 0 saturated heterocycles. The summed E-state index contributed by atoms with van der Waals surface area (Å²) in [5, 5.41) is 3.06. The molecule has 0 aliphatic heterocycles. The van der Waals surface area contributed by atoms with Crippen molar-refractivity contribution < 1.29 is 37.3 Å². The van der Waals surface area contributed by atoms with Crippen LogP contribution >= 0.6 is 7.82 Å². The van der Waals surface area contributed by atoms with Crippen LogP contribution in [0, 0.1) is 0 Å². The van der Waals surface area contributed by atoms with Crippen LogP contribution in [0.2, 0.25) is 0 Å².